The Kier molecular flexibility index (Phi) is 9.54. The van der Waals surface area contributed by atoms with Crippen molar-refractivity contribution in [2.75, 3.05) is 26.0 Å². The number of guanidine groups is 1. The number of methoxy groups -OCH3 is 1. The van der Waals surface area contributed by atoms with Crippen LogP contribution in [0.15, 0.2) is 40.2 Å². The third-order valence-corrected chi connectivity index (χ3v) is 4.27. The van der Waals surface area contributed by atoms with Crippen molar-refractivity contribution in [2.45, 2.75) is 17.9 Å². The average Bonchev–Trinajstić information content (AvgIpc) is 2.39. The van der Waals surface area contributed by atoms with Crippen molar-refractivity contribution in [3.63, 3.8) is 0 Å². The Bertz CT molecular complexity index is 535. The lowest BCUT2D eigenvalue weighted by atomic mass is 10.4. The van der Waals surface area contributed by atoms with Gasteiger partial charge in [0.05, 0.1) is 23.8 Å². The monoisotopic (exact) mass is 427 g/mol. The highest BCUT2D eigenvalue weighted by atomic mass is 127. The quantitative estimate of drug-likeness (QED) is 0.385. The third-order valence-electron chi connectivity index (χ3n) is 2.56. The van der Waals surface area contributed by atoms with Gasteiger partial charge in [-0.2, -0.15) is 0 Å². The molecule has 0 aliphatic rings. The van der Waals surface area contributed by atoms with Crippen molar-refractivity contribution in [3.8, 4) is 0 Å². The van der Waals surface area contributed by atoms with E-state index < -0.39 is 9.84 Å². The fraction of sp³-hybridized carbons (Fsp3) is 0.462. The second-order valence-corrected chi connectivity index (χ2v) is 6.51. The van der Waals surface area contributed by atoms with E-state index in [1.807, 2.05) is 6.92 Å². The first-order chi connectivity index (χ1) is 9.45. The van der Waals surface area contributed by atoms with Gasteiger partial charge < -0.3 is 15.8 Å². The molecule has 0 bridgehead atoms. The van der Waals surface area contributed by atoms with Gasteiger partial charge in [-0.1, -0.05) is 18.2 Å². The molecule has 1 atom stereocenters. The third kappa shape index (κ3) is 7.63. The zero-order valence-corrected chi connectivity index (χ0v) is 15.3. The number of nitrogens with one attached hydrogen (secondary N) is 1. The van der Waals surface area contributed by atoms with Gasteiger partial charge in [-0.25, -0.2) is 8.42 Å². The Morgan fingerprint density at radius 1 is 1.38 bits per heavy atom. The zero-order chi connectivity index (χ0) is 15.0. The van der Waals surface area contributed by atoms with Crippen LogP contribution >= 0.6 is 24.0 Å². The van der Waals surface area contributed by atoms with Gasteiger partial charge >= 0.3 is 0 Å². The highest BCUT2D eigenvalue weighted by Crippen LogP contribution is 2.09. The van der Waals surface area contributed by atoms with Gasteiger partial charge in [0.25, 0.3) is 0 Å². The number of halogens is 1. The van der Waals surface area contributed by atoms with E-state index in [0.717, 1.165) is 0 Å². The van der Waals surface area contributed by atoms with E-state index in [0.29, 0.717) is 11.5 Å². The van der Waals surface area contributed by atoms with Gasteiger partial charge in [0.2, 0.25) is 0 Å². The fourth-order valence-corrected chi connectivity index (χ4v) is 2.76. The van der Waals surface area contributed by atoms with E-state index in [2.05, 4.69) is 10.3 Å². The summed E-state index contributed by atoms with van der Waals surface area (Å²) in [6.07, 6.45) is 0. The largest absolute Gasteiger partial charge is 0.383 e. The first-order valence-corrected chi connectivity index (χ1v) is 7.94. The molecule has 1 aromatic rings. The van der Waals surface area contributed by atoms with Crippen molar-refractivity contribution in [1.29, 1.82) is 0 Å². The number of sulfone groups is 1. The minimum Gasteiger partial charge on any atom is -0.383 e. The van der Waals surface area contributed by atoms with E-state index in [-0.39, 0.29) is 48.3 Å². The summed E-state index contributed by atoms with van der Waals surface area (Å²) in [5, 5.41) is 2.91. The molecule has 3 N–H and O–H groups in total. The first kappa shape index (κ1) is 20.1. The van der Waals surface area contributed by atoms with Crippen molar-refractivity contribution >= 4 is 39.8 Å². The Morgan fingerprint density at radius 2 is 2.00 bits per heavy atom. The number of hydrogen-bond acceptors (Lipinski definition) is 4. The second-order valence-electron chi connectivity index (χ2n) is 4.40. The average molecular weight is 427 g/mol. The molecule has 0 aromatic heterocycles. The van der Waals surface area contributed by atoms with E-state index >= 15 is 0 Å². The van der Waals surface area contributed by atoms with Gasteiger partial charge in [0.1, 0.15) is 0 Å². The maximum atomic E-state index is 12.0. The normalized spacial score (nSPS) is 13.3. The predicted molar refractivity (Wildman–Crippen MR) is 94.9 cm³/mol. The lowest BCUT2D eigenvalue weighted by Crippen LogP contribution is -2.40. The lowest BCUT2D eigenvalue weighted by molar-refractivity contribution is 0.179. The molecule has 0 aliphatic heterocycles. The van der Waals surface area contributed by atoms with E-state index in [1.165, 1.54) is 0 Å². The molecule has 6 nitrogen and oxygen atoms in total. The van der Waals surface area contributed by atoms with E-state index in [9.17, 15) is 8.42 Å². The summed E-state index contributed by atoms with van der Waals surface area (Å²) >= 11 is 0. The van der Waals surface area contributed by atoms with Crippen LogP contribution in [0.3, 0.4) is 0 Å². The summed E-state index contributed by atoms with van der Waals surface area (Å²) in [6.45, 7) is 2.51. The van der Waals surface area contributed by atoms with Gasteiger partial charge in [-0.15, -0.1) is 24.0 Å². The number of nitrogens with zero attached hydrogens (tertiary/aromatic N) is 1. The van der Waals surface area contributed by atoms with Gasteiger partial charge in [-0.05, 0) is 19.1 Å². The Balaban J connectivity index is 0.00000400. The molecule has 0 saturated heterocycles. The summed E-state index contributed by atoms with van der Waals surface area (Å²) < 4.78 is 28.9. The van der Waals surface area contributed by atoms with Crippen molar-refractivity contribution in [3.05, 3.63) is 30.3 Å². The standard InChI is InChI=1S/C13H21N3O3S.HI/c1-11(10-19-2)16-13(14)15-8-9-20(17,18)12-6-4-3-5-7-12;/h3-7,11H,8-10H2,1-2H3,(H3,14,15,16);1H. The van der Waals surface area contributed by atoms with Crippen LogP contribution in [-0.2, 0) is 14.6 Å². The molecule has 0 aliphatic carbocycles. The topological polar surface area (TPSA) is 93.8 Å². The molecule has 8 heteroatoms. The van der Waals surface area contributed by atoms with Crippen LogP contribution in [-0.4, -0.2) is 46.4 Å². The Hall–Kier alpha value is -0.870. The number of rotatable bonds is 7. The minimum absolute atomic E-state index is 0. The highest BCUT2D eigenvalue weighted by molar-refractivity contribution is 14.0. The number of ether oxygens (including phenoxy) is 1. The summed E-state index contributed by atoms with van der Waals surface area (Å²) in [6, 6.07) is 8.32. The van der Waals surface area contributed by atoms with Gasteiger partial charge in [0.15, 0.2) is 15.8 Å². The maximum absolute atomic E-state index is 12.0. The molecule has 1 aromatic carbocycles. The van der Waals surface area contributed by atoms with Crippen LogP contribution in [0, 0.1) is 0 Å². The molecule has 1 rings (SSSR count). The first-order valence-electron chi connectivity index (χ1n) is 6.29. The number of hydrogen-bond donors (Lipinski definition) is 2. The highest BCUT2D eigenvalue weighted by Gasteiger charge is 2.13. The molecular formula is C13H22IN3O3S. The molecule has 0 fully saturated rings. The number of benzene rings is 1. The Morgan fingerprint density at radius 3 is 2.57 bits per heavy atom. The molecule has 0 radical (unpaired) electrons. The van der Waals surface area contributed by atoms with E-state index in [4.69, 9.17) is 10.5 Å². The van der Waals surface area contributed by atoms with Crippen LogP contribution in [0.1, 0.15) is 6.92 Å². The summed E-state index contributed by atoms with van der Waals surface area (Å²) in [5.74, 6) is 0.149. The molecule has 21 heavy (non-hydrogen) atoms. The smallest absolute Gasteiger partial charge is 0.188 e. The van der Waals surface area contributed by atoms with Crippen LogP contribution in [0.5, 0.6) is 0 Å². The molecule has 0 spiro atoms. The SMILES string of the molecule is COCC(C)NC(N)=NCCS(=O)(=O)c1ccccc1.I. The van der Waals surface area contributed by atoms with Crippen LogP contribution in [0.2, 0.25) is 0 Å². The van der Waals surface area contributed by atoms with Crippen molar-refractivity contribution in [1.82, 2.24) is 5.32 Å². The van der Waals surface area contributed by atoms with Crippen LogP contribution < -0.4 is 11.1 Å². The lowest BCUT2D eigenvalue weighted by Gasteiger charge is -2.13. The molecule has 0 heterocycles. The number of nitrogens with two attached hydrogens (primary N) is 1. The molecule has 0 amide bonds. The number of aliphatic imine (C=N–C) groups is 1. The second kappa shape index (κ2) is 9.96. The molecule has 0 saturated carbocycles. The molecule has 1 unspecified atom stereocenters. The van der Waals surface area contributed by atoms with Gasteiger partial charge in [0, 0.05) is 13.2 Å². The van der Waals surface area contributed by atoms with Crippen LogP contribution in [0.25, 0.3) is 0 Å². The molecular weight excluding hydrogens is 405 g/mol. The van der Waals surface area contributed by atoms with Crippen molar-refractivity contribution in [2.24, 2.45) is 10.7 Å². The minimum atomic E-state index is -3.31. The van der Waals surface area contributed by atoms with Gasteiger partial charge in [-0.3, -0.25) is 4.99 Å². The maximum Gasteiger partial charge on any atom is 0.188 e. The summed E-state index contributed by atoms with van der Waals surface area (Å²) in [4.78, 5) is 4.31. The Labute approximate surface area is 143 Å². The summed E-state index contributed by atoms with van der Waals surface area (Å²) in [5.41, 5.74) is 5.66. The fourth-order valence-electron chi connectivity index (χ4n) is 1.62. The van der Waals surface area contributed by atoms with E-state index in [1.54, 1.807) is 37.4 Å². The predicted octanol–water partition coefficient (Wildman–Crippen LogP) is 1.02. The van der Waals surface area contributed by atoms with Crippen LogP contribution in [0.4, 0.5) is 0 Å². The molecule has 120 valence electrons. The van der Waals surface area contributed by atoms with Crippen molar-refractivity contribution < 1.29 is 13.2 Å². The summed E-state index contributed by atoms with van der Waals surface area (Å²) in [7, 11) is -1.71. The zero-order valence-electron chi connectivity index (χ0n) is 12.2.